The fourth-order valence-electron chi connectivity index (χ4n) is 3.53. The van der Waals surface area contributed by atoms with Crippen LogP contribution in [0, 0.1) is 5.82 Å². The maximum absolute atomic E-state index is 14.4. The summed E-state index contributed by atoms with van der Waals surface area (Å²) in [7, 11) is 1.31. The van der Waals surface area contributed by atoms with Gasteiger partial charge in [0, 0.05) is 30.6 Å². The third-order valence-electron chi connectivity index (χ3n) is 5.47. The smallest absolute Gasteiger partial charge is 0.314 e. The highest BCUT2D eigenvalue weighted by Gasteiger charge is 2.41. The van der Waals surface area contributed by atoms with Gasteiger partial charge in [0.15, 0.2) is 0 Å². The molecule has 3 nitrogen and oxygen atoms in total. The molecule has 0 aliphatic heterocycles. The van der Waals surface area contributed by atoms with Gasteiger partial charge in [-0.05, 0) is 49.7 Å². The summed E-state index contributed by atoms with van der Waals surface area (Å²) in [6, 6.07) is 8.19. The van der Waals surface area contributed by atoms with Gasteiger partial charge in [0.05, 0.1) is 22.2 Å². The average molecular weight is 484 g/mol. The minimum atomic E-state index is -5.05. The van der Waals surface area contributed by atoms with Crippen molar-refractivity contribution in [3.63, 3.8) is 0 Å². The lowest BCUT2D eigenvalue weighted by Gasteiger charge is -2.32. The summed E-state index contributed by atoms with van der Waals surface area (Å²) in [5, 5.41) is 0. The summed E-state index contributed by atoms with van der Waals surface area (Å²) in [6.07, 6.45) is -7.45. The number of benzene rings is 2. The van der Waals surface area contributed by atoms with Crippen LogP contribution in [0.25, 0.3) is 11.1 Å². The highest BCUT2D eigenvalue weighted by molar-refractivity contribution is 6.03. The Balaban J connectivity index is 2.10. The highest BCUT2D eigenvalue weighted by atomic mass is 19.4. The number of hydrogen-bond donors (Lipinski definition) is 0. The monoisotopic (exact) mass is 484 g/mol. The van der Waals surface area contributed by atoms with Crippen LogP contribution in [0.3, 0.4) is 0 Å². The molecule has 0 bridgehead atoms. The normalized spacial score (nSPS) is 12.5. The van der Waals surface area contributed by atoms with E-state index < -0.39 is 46.2 Å². The van der Waals surface area contributed by atoms with Gasteiger partial charge in [0.1, 0.15) is 5.82 Å². The zero-order chi connectivity index (χ0) is 25.5. The van der Waals surface area contributed by atoms with E-state index in [-0.39, 0.29) is 22.9 Å². The SMILES string of the molecule is CN(C(=O)C(C)(C)c1cc(C(F)(F)F)cc(C(F)(F)F)c1)c1ccncc1-c1ccccc1F. The first-order valence-electron chi connectivity index (χ1n) is 9.91. The molecule has 0 fully saturated rings. The third-order valence-corrected chi connectivity index (χ3v) is 5.47. The van der Waals surface area contributed by atoms with E-state index in [0.29, 0.717) is 12.1 Å². The van der Waals surface area contributed by atoms with Crippen molar-refractivity contribution >= 4 is 11.6 Å². The Morgan fingerprint density at radius 1 is 0.824 bits per heavy atom. The van der Waals surface area contributed by atoms with Crippen LogP contribution in [-0.2, 0) is 22.6 Å². The van der Waals surface area contributed by atoms with Crippen LogP contribution < -0.4 is 4.90 Å². The number of amides is 1. The van der Waals surface area contributed by atoms with E-state index in [1.807, 2.05) is 0 Å². The van der Waals surface area contributed by atoms with Crippen molar-refractivity contribution in [2.24, 2.45) is 0 Å². The fraction of sp³-hybridized carbons (Fsp3) is 0.250. The number of aromatic nitrogens is 1. The second-order valence-corrected chi connectivity index (χ2v) is 8.16. The lowest BCUT2D eigenvalue weighted by molar-refractivity contribution is -0.143. The molecule has 1 aromatic heterocycles. The Labute approximate surface area is 190 Å². The van der Waals surface area contributed by atoms with Gasteiger partial charge in [0.2, 0.25) is 5.91 Å². The molecular formula is C24H19F7N2O. The summed E-state index contributed by atoms with van der Waals surface area (Å²) in [5.41, 5.74) is -4.76. The molecule has 0 atom stereocenters. The van der Waals surface area contributed by atoms with E-state index in [0.717, 1.165) is 4.90 Å². The van der Waals surface area contributed by atoms with Gasteiger partial charge < -0.3 is 4.90 Å². The van der Waals surface area contributed by atoms with E-state index in [9.17, 15) is 35.5 Å². The van der Waals surface area contributed by atoms with Crippen molar-refractivity contribution < 1.29 is 35.5 Å². The first kappa shape index (κ1) is 25.2. The molecule has 0 aliphatic carbocycles. The quantitative estimate of drug-likeness (QED) is 0.379. The number of pyridine rings is 1. The first-order chi connectivity index (χ1) is 15.6. The van der Waals surface area contributed by atoms with Crippen LogP contribution >= 0.6 is 0 Å². The Hall–Kier alpha value is -3.43. The molecule has 0 radical (unpaired) electrons. The van der Waals surface area contributed by atoms with Gasteiger partial charge in [-0.25, -0.2) is 4.39 Å². The second kappa shape index (κ2) is 8.73. The van der Waals surface area contributed by atoms with Gasteiger partial charge in [-0.15, -0.1) is 0 Å². The summed E-state index contributed by atoms with van der Waals surface area (Å²) in [5.74, 6) is -1.40. The van der Waals surface area contributed by atoms with Crippen molar-refractivity contribution in [2.75, 3.05) is 11.9 Å². The number of carbonyl (C=O) groups excluding carboxylic acids is 1. The standard InChI is InChI=1S/C24H19F7N2O/c1-22(2,14-10-15(23(26,27)28)12-16(11-14)24(29,30)31)21(34)33(3)20-8-9-32-13-18(20)17-6-4-5-7-19(17)25/h4-13H,1-3H3. The van der Waals surface area contributed by atoms with Crippen molar-refractivity contribution in [3.05, 3.63) is 83.4 Å². The summed E-state index contributed by atoms with van der Waals surface area (Å²) < 4.78 is 94.3. The molecule has 0 saturated heterocycles. The van der Waals surface area contributed by atoms with Crippen LogP contribution in [0.2, 0.25) is 0 Å². The number of nitrogens with zero attached hydrogens (tertiary/aromatic N) is 2. The van der Waals surface area contributed by atoms with Crippen LogP contribution in [0.4, 0.5) is 36.4 Å². The molecular weight excluding hydrogens is 465 g/mol. The van der Waals surface area contributed by atoms with Gasteiger partial charge in [0.25, 0.3) is 0 Å². The predicted molar refractivity (Wildman–Crippen MR) is 113 cm³/mol. The zero-order valence-electron chi connectivity index (χ0n) is 18.2. The van der Waals surface area contributed by atoms with Crippen LogP contribution in [0.1, 0.15) is 30.5 Å². The number of rotatable bonds is 4. The summed E-state index contributed by atoms with van der Waals surface area (Å²) in [4.78, 5) is 18.4. The first-order valence-corrected chi connectivity index (χ1v) is 9.91. The highest BCUT2D eigenvalue weighted by Crippen LogP contribution is 2.40. The number of hydrogen-bond acceptors (Lipinski definition) is 2. The lowest BCUT2D eigenvalue weighted by atomic mass is 9.81. The molecule has 0 spiro atoms. The molecule has 0 unspecified atom stereocenters. The molecule has 1 amide bonds. The Morgan fingerprint density at radius 3 is 1.88 bits per heavy atom. The minimum absolute atomic E-state index is 0.00687. The van der Waals surface area contributed by atoms with E-state index in [2.05, 4.69) is 4.98 Å². The number of carbonyl (C=O) groups is 1. The van der Waals surface area contributed by atoms with Crippen molar-refractivity contribution in [2.45, 2.75) is 31.6 Å². The van der Waals surface area contributed by atoms with Crippen molar-refractivity contribution in [3.8, 4) is 11.1 Å². The minimum Gasteiger partial charge on any atom is -0.314 e. The molecule has 180 valence electrons. The largest absolute Gasteiger partial charge is 0.416 e. The number of alkyl halides is 6. The Morgan fingerprint density at radius 2 is 1.35 bits per heavy atom. The average Bonchev–Trinajstić information content (AvgIpc) is 2.77. The Kier molecular flexibility index (Phi) is 6.47. The number of halogens is 7. The molecule has 0 saturated carbocycles. The van der Waals surface area contributed by atoms with Gasteiger partial charge >= 0.3 is 12.4 Å². The van der Waals surface area contributed by atoms with E-state index in [4.69, 9.17) is 0 Å². The fourth-order valence-corrected chi connectivity index (χ4v) is 3.53. The van der Waals surface area contributed by atoms with Crippen LogP contribution in [-0.4, -0.2) is 17.9 Å². The van der Waals surface area contributed by atoms with Gasteiger partial charge in [-0.2, -0.15) is 26.3 Å². The van der Waals surface area contributed by atoms with Gasteiger partial charge in [-0.3, -0.25) is 9.78 Å². The molecule has 0 N–H and O–H groups in total. The van der Waals surface area contributed by atoms with Gasteiger partial charge in [-0.1, -0.05) is 18.2 Å². The molecule has 2 aromatic carbocycles. The topological polar surface area (TPSA) is 33.2 Å². The van der Waals surface area contributed by atoms with Crippen LogP contribution in [0.5, 0.6) is 0 Å². The molecule has 1 heterocycles. The summed E-state index contributed by atoms with van der Waals surface area (Å²) >= 11 is 0. The lowest BCUT2D eigenvalue weighted by Crippen LogP contribution is -2.42. The van der Waals surface area contributed by atoms with E-state index >= 15 is 0 Å². The molecule has 34 heavy (non-hydrogen) atoms. The third kappa shape index (κ3) is 4.90. The Bertz CT molecular complexity index is 1180. The predicted octanol–water partition coefficient (Wildman–Crippen LogP) is 6.87. The maximum atomic E-state index is 14.4. The molecule has 10 heteroatoms. The van der Waals surface area contributed by atoms with E-state index in [1.54, 1.807) is 6.07 Å². The van der Waals surface area contributed by atoms with E-state index in [1.165, 1.54) is 57.6 Å². The molecule has 3 rings (SSSR count). The molecule has 3 aromatic rings. The second-order valence-electron chi connectivity index (χ2n) is 8.16. The number of anilines is 1. The van der Waals surface area contributed by atoms with Crippen molar-refractivity contribution in [1.82, 2.24) is 4.98 Å². The molecule has 0 aliphatic rings. The van der Waals surface area contributed by atoms with Crippen LogP contribution in [0.15, 0.2) is 60.9 Å². The zero-order valence-corrected chi connectivity index (χ0v) is 18.2. The maximum Gasteiger partial charge on any atom is 0.416 e. The summed E-state index contributed by atoms with van der Waals surface area (Å²) in [6.45, 7) is 2.46. The number of likely N-dealkylation sites (N-methyl/N-ethyl adjacent to an activating group) is 1. The van der Waals surface area contributed by atoms with Crippen molar-refractivity contribution in [1.29, 1.82) is 0 Å².